The van der Waals surface area contributed by atoms with Gasteiger partial charge in [-0.3, -0.25) is 4.90 Å². The largest absolute Gasteiger partial charge is 0.351 e. The van der Waals surface area contributed by atoms with Crippen LogP contribution in [0.4, 0.5) is 5.69 Å². The fraction of sp³-hybridized carbons (Fsp3) is 0.524. The normalized spacial score (nSPS) is 26.8. The van der Waals surface area contributed by atoms with Crippen LogP contribution in [0.25, 0.3) is 0 Å². The van der Waals surface area contributed by atoms with E-state index in [1.54, 1.807) is 0 Å². The molecule has 3 rings (SSSR count). The summed E-state index contributed by atoms with van der Waals surface area (Å²) in [7, 11) is 2.27. The van der Waals surface area contributed by atoms with E-state index < -0.39 is 0 Å². The summed E-state index contributed by atoms with van der Waals surface area (Å²) < 4.78 is 0. The van der Waals surface area contributed by atoms with Crippen LogP contribution in [0.5, 0.6) is 0 Å². The smallest absolute Gasteiger partial charge is 0.0929 e. The van der Waals surface area contributed by atoms with E-state index in [4.69, 9.17) is 0 Å². The number of hydrogen-bond donors (Lipinski definition) is 0. The van der Waals surface area contributed by atoms with Gasteiger partial charge in [-0.15, -0.1) is 6.58 Å². The Balaban J connectivity index is 2.19. The van der Waals surface area contributed by atoms with Gasteiger partial charge in [0.25, 0.3) is 0 Å². The van der Waals surface area contributed by atoms with Crippen LogP contribution in [0.15, 0.2) is 48.6 Å². The average Bonchev–Trinajstić information content (AvgIpc) is 3.01. The van der Waals surface area contributed by atoms with Gasteiger partial charge < -0.3 is 4.90 Å². The lowest BCUT2D eigenvalue weighted by Gasteiger charge is -2.45. The van der Waals surface area contributed by atoms with Crippen LogP contribution in [-0.4, -0.2) is 31.2 Å². The lowest BCUT2D eigenvalue weighted by Crippen LogP contribution is -2.54. The van der Waals surface area contributed by atoms with Gasteiger partial charge in [-0.05, 0) is 44.4 Å². The molecular weight excluding hydrogens is 280 g/mol. The topological polar surface area (TPSA) is 6.48 Å². The second kappa shape index (κ2) is 5.52. The van der Waals surface area contributed by atoms with Gasteiger partial charge in [-0.25, -0.2) is 0 Å². The van der Waals surface area contributed by atoms with E-state index in [-0.39, 0.29) is 10.8 Å². The van der Waals surface area contributed by atoms with Crippen molar-refractivity contribution in [1.29, 1.82) is 0 Å². The Labute approximate surface area is 141 Å². The van der Waals surface area contributed by atoms with Gasteiger partial charge in [-0.1, -0.05) is 49.8 Å². The fourth-order valence-electron chi connectivity index (χ4n) is 4.65. The third-order valence-corrected chi connectivity index (χ3v) is 6.06. The first kappa shape index (κ1) is 16.3. The van der Waals surface area contributed by atoms with Crippen LogP contribution in [0.3, 0.4) is 0 Å². The minimum Gasteiger partial charge on any atom is -0.351 e. The summed E-state index contributed by atoms with van der Waals surface area (Å²) in [6, 6.07) is 9.00. The molecule has 0 aromatic heterocycles. The van der Waals surface area contributed by atoms with Crippen molar-refractivity contribution in [3.05, 3.63) is 54.1 Å². The summed E-state index contributed by atoms with van der Waals surface area (Å²) >= 11 is 0. The van der Waals surface area contributed by atoms with Crippen molar-refractivity contribution in [1.82, 2.24) is 4.90 Å². The Bertz CT molecular complexity index is 639. The molecule has 124 valence electrons. The van der Waals surface area contributed by atoms with E-state index in [0.29, 0.717) is 6.17 Å². The minimum atomic E-state index is 0.0538. The van der Waals surface area contributed by atoms with Crippen LogP contribution >= 0.6 is 0 Å². The zero-order valence-electron chi connectivity index (χ0n) is 15.3. The van der Waals surface area contributed by atoms with E-state index in [0.717, 1.165) is 13.1 Å². The highest BCUT2D eigenvalue weighted by atomic mass is 15.4. The fourth-order valence-corrected chi connectivity index (χ4v) is 4.65. The number of rotatable bonds is 4. The van der Waals surface area contributed by atoms with E-state index in [9.17, 15) is 0 Å². The second-order valence-corrected chi connectivity index (χ2v) is 7.95. The first-order valence-corrected chi connectivity index (χ1v) is 8.68. The highest BCUT2D eigenvalue weighted by Crippen LogP contribution is 2.60. The maximum absolute atomic E-state index is 4.18. The van der Waals surface area contributed by atoms with Crippen LogP contribution in [0.2, 0.25) is 0 Å². The Morgan fingerprint density at radius 2 is 2.04 bits per heavy atom. The van der Waals surface area contributed by atoms with Crippen molar-refractivity contribution in [2.75, 3.05) is 25.0 Å². The molecule has 0 spiro atoms. The first-order chi connectivity index (χ1) is 10.8. The zero-order chi connectivity index (χ0) is 16.8. The molecule has 1 fully saturated rings. The molecule has 1 aromatic carbocycles. The predicted molar refractivity (Wildman–Crippen MR) is 99.9 cm³/mol. The number of nitrogens with zero attached hydrogens (tertiary/aromatic N) is 2. The summed E-state index contributed by atoms with van der Waals surface area (Å²) in [5.74, 6) is 0. The van der Waals surface area contributed by atoms with Crippen molar-refractivity contribution in [2.45, 2.75) is 45.7 Å². The molecule has 0 bridgehead atoms. The molecule has 2 atom stereocenters. The number of fused-ring (bicyclic) bond motifs is 3. The van der Waals surface area contributed by atoms with E-state index in [1.807, 2.05) is 0 Å². The third kappa shape index (κ3) is 2.19. The number of allylic oxidation sites excluding steroid dienone is 2. The molecule has 0 N–H and O–H groups in total. The van der Waals surface area contributed by atoms with Gasteiger partial charge in [-0.2, -0.15) is 0 Å². The predicted octanol–water partition coefficient (Wildman–Crippen LogP) is 4.58. The van der Waals surface area contributed by atoms with E-state index >= 15 is 0 Å². The van der Waals surface area contributed by atoms with E-state index in [2.05, 4.69) is 87.5 Å². The number of benzene rings is 1. The van der Waals surface area contributed by atoms with Gasteiger partial charge in [0.1, 0.15) is 0 Å². The molecule has 2 heteroatoms. The lowest BCUT2D eigenvalue weighted by atomic mass is 9.60. The molecule has 2 aliphatic heterocycles. The molecule has 0 saturated carbocycles. The first-order valence-electron chi connectivity index (χ1n) is 8.68. The van der Waals surface area contributed by atoms with Crippen LogP contribution in [-0.2, 0) is 5.41 Å². The van der Waals surface area contributed by atoms with Crippen LogP contribution in [0.1, 0.15) is 39.7 Å². The maximum Gasteiger partial charge on any atom is 0.0929 e. The summed E-state index contributed by atoms with van der Waals surface area (Å²) in [6.07, 6.45) is 6.11. The number of hydrogen-bond acceptors (Lipinski definition) is 2. The average molecular weight is 310 g/mol. The maximum atomic E-state index is 4.18. The lowest BCUT2D eigenvalue weighted by molar-refractivity contribution is 0.161. The Morgan fingerprint density at radius 1 is 1.35 bits per heavy atom. The highest BCUT2D eigenvalue weighted by molar-refractivity contribution is 5.66. The Hall–Kier alpha value is -1.54. The highest BCUT2D eigenvalue weighted by Gasteiger charge is 2.61. The summed E-state index contributed by atoms with van der Waals surface area (Å²) in [6.45, 7) is 15.4. The summed E-state index contributed by atoms with van der Waals surface area (Å²) in [5.41, 5.74) is 4.45. The number of likely N-dealkylation sites (N-methyl/N-ethyl adjacent to an activating group) is 1. The number of likely N-dealkylation sites (tertiary alicyclic amines) is 1. The van der Waals surface area contributed by atoms with Gasteiger partial charge in [0.2, 0.25) is 0 Å². The molecular formula is C21H30N2. The molecule has 0 aliphatic carbocycles. The Kier molecular flexibility index (Phi) is 3.92. The monoisotopic (exact) mass is 310 g/mol. The molecule has 2 heterocycles. The van der Waals surface area contributed by atoms with Crippen molar-refractivity contribution < 1.29 is 0 Å². The van der Waals surface area contributed by atoms with Gasteiger partial charge >= 0.3 is 0 Å². The Morgan fingerprint density at radius 3 is 2.70 bits per heavy atom. The standard InChI is InChI=1S/C21H30N2/c1-7-20(4,5)21-13-15-22(6)19(21)23(14-12-16(2)3)18-11-9-8-10-17(18)21/h7-12,19H,1,13-15H2,2-6H3/t19-,21-/m1/s1. The molecule has 1 saturated heterocycles. The zero-order valence-corrected chi connectivity index (χ0v) is 15.3. The number of anilines is 1. The van der Waals surface area contributed by atoms with Crippen molar-refractivity contribution in [2.24, 2.45) is 5.41 Å². The summed E-state index contributed by atoms with van der Waals surface area (Å²) in [4.78, 5) is 5.13. The minimum absolute atomic E-state index is 0.0538. The van der Waals surface area contributed by atoms with Crippen molar-refractivity contribution in [3.63, 3.8) is 0 Å². The van der Waals surface area contributed by atoms with Crippen LogP contribution in [0, 0.1) is 5.41 Å². The molecule has 2 aliphatic rings. The molecule has 0 amide bonds. The molecule has 0 unspecified atom stereocenters. The summed E-state index contributed by atoms with van der Waals surface area (Å²) in [5, 5.41) is 0. The van der Waals surface area contributed by atoms with Gasteiger partial charge in [0.15, 0.2) is 0 Å². The quantitative estimate of drug-likeness (QED) is 0.751. The molecule has 2 nitrogen and oxygen atoms in total. The van der Waals surface area contributed by atoms with E-state index in [1.165, 1.54) is 23.2 Å². The third-order valence-electron chi connectivity index (χ3n) is 6.06. The van der Waals surface area contributed by atoms with Gasteiger partial charge in [0, 0.05) is 24.2 Å². The molecule has 1 aromatic rings. The molecule has 23 heavy (non-hydrogen) atoms. The second-order valence-electron chi connectivity index (χ2n) is 7.95. The van der Waals surface area contributed by atoms with Crippen LogP contribution < -0.4 is 4.90 Å². The van der Waals surface area contributed by atoms with Gasteiger partial charge in [0.05, 0.1) is 6.17 Å². The SMILES string of the molecule is C=CC(C)(C)[C@@]12CCN(C)[C@@H]1N(CC=C(C)C)c1ccccc12. The number of para-hydroxylation sites is 1. The van der Waals surface area contributed by atoms with Crippen molar-refractivity contribution in [3.8, 4) is 0 Å². The molecule has 0 radical (unpaired) electrons. The van der Waals surface area contributed by atoms with Crippen molar-refractivity contribution >= 4 is 5.69 Å².